The SMILES string of the molecule is COC(=O)CC(=O)C(N)Cc1ccccc1.Cl. The summed E-state index contributed by atoms with van der Waals surface area (Å²) in [5, 5.41) is 0. The third kappa shape index (κ3) is 5.47. The summed E-state index contributed by atoms with van der Waals surface area (Å²) in [7, 11) is 1.25. The summed E-state index contributed by atoms with van der Waals surface area (Å²) in [6.07, 6.45) is 0.182. The van der Waals surface area contributed by atoms with Crippen LogP contribution in [0.25, 0.3) is 0 Å². The summed E-state index contributed by atoms with van der Waals surface area (Å²) in [6.45, 7) is 0. The Bertz CT molecular complexity index is 367. The molecule has 0 bridgehead atoms. The maximum absolute atomic E-state index is 11.5. The van der Waals surface area contributed by atoms with E-state index in [4.69, 9.17) is 5.73 Å². The lowest BCUT2D eigenvalue weighted by atomic mass is 10.0. The summed E-state index contributed by atoms with van der Waals surface area (Å²) in [5.41, 5.74) is 6.67. The molecule has 1 atom stereocenters. The Morgan fingerprint density at radius 2 is 1.88 bits per heavy atom. The summed E-state index contributed by atoms with van der Waals surface area (Å²) in [5.74, 6) is -0.843. The number of carbonyl (C=O) groups excluding carboxylic acids is 2. The van der Waals surface area contributed by atoms with Gasteiger partial charge in [0.1, 0.15) is 6.42 Å². The Balaban J connectivity index is 0.00000256. The van der Waals surface area contributed by atoms with Crippen LogP contribution < -0.4 is 5.73 Å². The van der Waals surface area contributed by atoms with Gasteiger partial charge in [0.15, 0.2) is 5.78 Å². The van der Waals surface area contributed by atoms with Crippen LogP contribution in [0.15, 0.2) is 30.3 Å². The van der Waals surface area contributed by atoms with Crippen molar-refractivity contribution < 1.29 is 14.3 Å². The fourth-order valence-corrected chi connectivity index (χ4v) is 1.33. The third-order valence-electron chi connectivity index (χ3n) is 2.26. The van der Waals surface area contributed by atoms with Crippen molar-refractivity contribution in [2.24, 2.45) is 5.73 Å². The van der Waals surface area contributed by atoms with Gasteiger partial charge in [-0.25, -0.2) is 0 Å². The van der Waals surface area contributed by atoms with Gasteiger partial charge >= 0.3 is 5.97 Å². The van der Waals surface area contributed by atoms with Crippen LogP contribution in [0, 0.1) is 0 Å². The van der Waals surface area contributed by atoms with E-state index in [1.54, 1.807) is 0 Å². The van der Waals surface area contributed by atoms with Crippen molar-refractivity contribution in [1.29, 1.82) is 0 Å². The highest BCUT2D eigenvalue weighted by atomic mass is 35.5. The molecule has 17 heavy (non-hydrogen) atoms. The second kappa shape index (κ2) is 7.81. The summed E-state index contributed by atoms with van der Waals surface area (Å²) in [6, 6.07) is 8.79. The predicted molar refractivity (Wildman–Crippen MR) is 67.0 cm³/mol. The van der Waals surface area contributed by atoms with E-state index in [0.717, 1.165) is 5.56 Å². The van der Waals surface area contributed by atoms with Gasteiger partial charge in [-0.2, -0.15) is 0 Å². The molecule has 0 aliphatic rings. The molecule has 0 radical (unpaired) electrons. The van der Waals surface area contributed by atoms with Crippen LogP contribution in [0.4, 0.5) is 0 Å². The molecule has 2 N–H and O–H groups in total. The minimum Gasteiger partial charge on any atom is -0.469 e. The zero-order valence-corrected chi connectivity index (χ0v) is 10.4. The second-order valence-electron chi connectivity index (χ2n) is 3.52. The van der Waals surface area contributed by atoms with Gasteiger partial charge in [0.25, 0.3) is 0 Å². The molecule has 5 heteroatoms. The van der Waals surface area contributed by atoms with Crippen LogP contribution in [-0.2, 0) is 20.7 Å². The molecular weight excluding hydrogens is 242 g/mol. The van der Waals surface area contributed by atoms with Gasteiger partial charge in [0.05, 0.1) is 13.2 Å². The Labute approximate surface area is 107 Å². The number of nitrogens with two attached hydrogens (primary N) is 1. The second-order valence-corrected chi connectivity index (χ2v) is 3.52. The van der Waals surface area contributed by atoms with E-state index in [2.05, 4.69) is 4.74 Å². The van der Waals surface area contributed by atoms with Crippen molar-refractivity contribution in [2.75, 3.05) is 7.11 Å². The summed E-state index contributed by atoms with van der Waals surface area (Å²) >= 11 is 0. The van der Waals surface area contributed by atoms with E-state index in [0.29, 0.717) is 6.42 Å². The number of ether oxygens (including phenoxy) is 1. The van der Waals surface area contributed by atoms with Gasteiger partial charge in [0, 0.05) is 0 Å². The zero-order chi connectivity index (χ0) is 12.0. The first kappa shape index (κ1) is 15.6. The molecular formula is C12H16ClNO3. The number of ketones is 1. The fraction of sp³-hybridized carbons (Fsp3) is 0.333. The number of hydrogen-bond donors (Lipinski definition) is 1. The smallest absolute Gasteiger partial charge is 0.313 e. The number of benzene rings is 1. The van der Waals surface area contributed by atoms with Gasteiger partial charge in [0.2, 0.25) is 0 Å². The average Bonchev–Trinajstić information content (AvgIpc) is 2.30. The van der Waals surface area contributed by atoms with Gasteiger partial charge in [-0.15, -0.1) is 12.4 Å². The van der Waals surface area contributed by atoms with Crippen molar-refractivity contribution in [3.63, 3.8) is 0 Å². The molecule has 1 rings (SSSR count). The lowest BCUT2D eigenvalue weighted by Crippen LogP contribution is -2.34. The highest BCUT2D eigenvalue weighted by Gasteiger charge is 2.17. The Kier molecular flexibility index (Phi) is 7.18. The Morgan fingerprint density at radius 3 is 2.41 bits per heavy atom. The van der Waals surface area contributed by atoms with Crippen LogP contribution in [-0.4, -0.2) is 24.9 Å². The predicted octanol–water partition coefficient (Wildman–Crippen LogP) is 1.11. The monoisotopic (exact) mass is 257 g/mol. The van der Waals surface area contributed by atoms with Crippen molar-refractivity contribution >= 4 is 24.2 Å². The largest absolute Gasteiger partial charge is 0.469 e. The normalized spacial score (nSPS) is 11.2. The summed E-state index contributed by atoms with van der Waals surface area (Å²) < 4.78 is 4.41. The fourth-order valence-electron chi connectivity index (χ4n) is 1.33. The van der Waals surface area contributed by atoms with Crippen molar-refractivity contribution in [2.45, 2.75) is 18.9 Å². The van der Waals surface area contributed by atoms with E-state index in [-0.39, 0.29) is 24.6 Å². The molecule has 0 aromatic heterocycles. The number of methoxy groups -OCH3 is 1. The number of hydrogen-bond acceptors (Lipinski definition) is 4. The molecule has 1 aromatic rings. The number of carbonyl (C=O) groups is 2. The highest BCUT2D eigenvalue weighted by molar-refractivity contribution is 5.98. The Hall–Kier alpha value is -1.39. The maximum Gasteiger partial charge on any atom is 0.313 e. The van der Waals surface area contributed by atoms with E-state index in [1.807, 2.05) is 30.3 Å². The van der Waals surface area contributed by atoms with Crippen LogP contribution >= 0.6 is 12.4 Å². The standard InChI is InChI=1S/C12H15NO3.ClH/c1-16-12(15)8-11(14)10(13)7-9-5-3-2-4-6-9;/h2-6,10H,7-8,13H2,1H3;1H. The minimum absolute atomic E-state index is 0. The van der Waals surface area contributed by atoms with E-state index in [9.17, 15) is 9.59 Å². The Morgan fingerprint density at radius 1 is 1.29 bits per heavy atom. The number of halogens is 1. The first-order valence-electron chi connectivity index (χ1n) is 5.02. The first-order valence-corrected chi connectivity index (χ1v) is 5.02. The van der Waals surface area contributed by atoms with Crippen molar-refractivity contribution in [3.05, 3.63) is 35.9 Å². The van der Waals surface area contributed by atoms with Gasteiger partial charge < -0.3 is 10.5 Å². The molecule has 0 aliphatic heterocycles. The molecule has 1 aromatic carbocycles. The minimum atomic E-state index is -0.651. The van der Waals surface area contributed by atoms with Crippen LogP contribution in [0.3, 0.4) is 0 Å². The number of Topliss-reactive ketones (excluding diaryl/α,β-unsaturated/α-hetero) is 1. The zero-order valence-electron chi connectivity index (χ0n) is 9.59. The molecule has 0 saturated carbocycles. The van der Waals surface area contributed by atoms with Crippen LogP contribution in [0.1, 0.15) is 12.0 Å². The number of esters is 1. The number of rotatable bonds is 5. The van der Waals surface area contributed by atoms with E-state index in [1.165, 1.54) is 7.11 Å². The molecule has 0 spiro atoms. The molecule has 0 fully saturated rings. The van der Waals surface area contributed by atoms with Crippen molar-refractivity contribution in [3.8, 4) is 0 Å². The molecule has 94 valence electrons. The summed E-state index contributed by atoms with van der Waals surface area (Å²) in [4.78, 5) is 22.4. The van der Waals surface area contributed by atoms with Crippen molar-refractivity contribution in [1.82, 2.24) is 0 Å². The molecule has 1 unspecified atom stereocenters. The molecule has 0 saturated heterocycles. The van der Waals surface area contributed by atoms with Gasteiger partial charge in [-0.3, -0.25) is 9.59 Å². The molecule has 0 heterocycles. The first-order chi connectivity index (χ1) is 7.63. The maximum atomic E-state index is 11.5. The molecule has 0 aliphatic carbocycles. The van der Waals surface area contributed by atoms with Gasteiger partial charge in [-0.05, 0) is 12.0 Å². The van der Waals surface area contributed by atoms with Crippen LogP contribution in [0.5, 0.6) is 0 Å². The van der Waals surface area contributed by atoms with Crippen LogP contribution in [0.2, 0.25) is 0 Å². The lowest BCUT2D eigenvalue weighted by molar-refractivity contribution is -0.143. The molecule has 0 amide bonds. The van der Waals surface area contributed by atoms with E-state index >= 15 is 0 Å². The average molecular weight is 258 g/mol. The quantitative estimate of drug-likeness (QED) is 0.634. The topological polar surface area (TPSA) is 69.4 Å². The van der Waals surface area contributed by atoms with Gasteiger partial charge in [-0.1, -0.05) is 30.3 Å². The van der Waals surface area contributed by atoms with E-state index < -0.39 is 12.0 Å². The molecule has 4 nitrogen and oxygen atoms in total. The highest BCUT2D eigenvalue weighted by Crippen LogP contribution is 2.04. The third-order valence-corrected chi connectivity index (χ3v) is 2.26. The lowest BCUT2D eigenvalue weighted by Gasteiger charge is -2.09.